The molecule has 0 aliphatic rings. The molecule has 3 aromatic carbocycles. The van der Waals surface area contributed by atoms with Crippen molar-refractivity contribution in [3.63, 3.8) is 0 Å². The second-order valence-electron chi connectivity index (χ2n) is 6.55. The van der Waals surface area contributed by atoms with Crippen LogP contribution in [0.1, 0.15) is 39.3 Å². The van der Waals surface area contributed by atoms with E-state index < -0.39 is 23.8 Å². The van der Waals surface area contributed by atoms with Crippen LogP contribution in [0.3, 0.4) is 0 Å². The minimum absolute atomic E-state index is 0.0521. The van der Waals surface area contributed by atoms with Gasteiger partial charge in [0, 0.05) is 22.5 Å². The summed E-state index contributed by atoms with van der Waals surface area (Å²) in [4.78, 5) is 37.1. The molecule has 0 bridgehead atoms. The van der Waals surface area contributed by atoms with Crippen molar-refractivity contribution in [2.75, 3.05) is 11.1 Å². The molecule has 0 saturated heterocycles. The van der Waals surface area contributed by atoms with Crippen LogP contribution in [-0.2, 0) is 9.53 Å². The van der Waals surface area contributed by atoms with Crippen molar-refractivity contribution in [1.82, 2.24) is 0 Å². The predicted octanol–water partition coefficient (Wildman–Crippen LogP) is 4.15. The van der Waals surface area contributed by atoms with Gasteiger partial charge in [0.05, 0.1) is 5.56 Å². The van der Waals surface area contributed by atoms with Crippen LogP contribution in [0, 0.1) is 5.82 Å². The quantitative estimate of drug-likeness (QED) is 0.364. The second-order valence-corrected chi connectivity index (χ2v) is 6.55. The van der Waals surface area contributed by atoms with Gasteiger partial charge in [-0.15, -0.1) is 0 Å². The highest BCUT2D eigenvalue weighted by Crippen LogP contribution is 2.24. The van der Waals surface area contributed by atoms with E-state index >= 15 is 0 Å². The third kappa shape index (κ3) is 4.88. The van der Waals surface area contributed by atoms with Gasteiger partial charge in [-0.1, -0.05) is 42.5 Å². The van der Waals surface area contributed by atoms with E-state index in [-0.39, 0.29) is 17.0 Å². The van der Waals surface area contributed by atoms with E-state index in [1.54, 1.807) is 48.5 Å². The molecule has 0 aliphatic heterocycles. The molecule has 152 valence electrons. The first-order valence-electron chi connectivity index (χ1n) is 9.08. The number of halogens is 1. The maximum Gasteiger partial charge on any atom is 0.341 e. The number of ether oxygens (including phenoxy) is 1. The Labute approximate surface area is 172 Å². The Hall–Kier alpha value is -4.00. The number of hydrogen-bond acceptors (Lipinski definition) is 5. The number of anilines is 2. The maximum atomic E-state index is 13.3. The van der Waals surface area contributed by atoms with E-state index in [9.17, 15) is 18.8 Å². The van der Waals surface area contributed by atoms with Gasteiger partial charge in [-0.25, -0.2) is 9.18 Å². The van der Waals surface area contributed by atoms with Crippen molar-refractivity contribution < 1.29 is 23.5 Å². The topological polar surface area (TPSA) is 98.5 Å². The number of ketones is 1. The van der Waals surface area contributed by atoms with Crippen molar-refractivity contribution in [2.45, 2.75) is 13.0 Å². The van der Waals surface area contributed by atoms with Gasteiger partial charge in [-0.05, 0) is 37.3 Å². The number of nitrogen functional groups attached to an aromatic ring is 1. The minimum atomic E-state index is -1.29. The number of esters is 1. The summed E-state index contributed by atoms with van der Waals surface area (Å²) in [5, 5.41) is 2.66. The van der Waals surface area contributed by atoms with Crippen molar-refractivity contribution in [2.24, 2.45) is 0 Å². The zero-order valence-corrected chi connectivity index (χ0v) is 16.1. The average molecular weight is 406 g/mol. The van der Waals surface area contributed by atoms with Crippen molar-refractivity contribution >= 4 is 29.0 Å². The molecule has 30 heavy (non-hydrogen) atoms. The molecule has 1 atom stereocenters. The van der Waals surface area contributed by atoms with E-state index in [0.717, 1.165) is 12.1 Å². The maximum absolute atomic E-state index is 13.3. The average Bonchev–Trinajstić information content (AvgIpc) is 2.72. The number of carbonyl (C=O) groups excluding carboxylic acids is 3. The van der Waals surface area contributed by atoms with Crippen molar-refractivity contribution in [1.29, 1.82) is 0 Å². The summed E-state index contributed by atoms with van der Waals surface area (Å²) in [7, 11) is 0. The predicted molar refractivity (Wildman–Crippen MR) is 110 cm³/mol. The van der Waals surface area contributed by atoms with Gasteiger partial charge in [0.25, 0.3) is 5.91 Å². The first-order valence-corrected chi connectivity index (χ1v) is 9.08. The normalized spacial score (nSPS) is 11.4. The van der Waals surface area contributed by atoms with Gasteiger partial charge in [-0.2, -0.15) is 0 Å². The monoisotopic (exact) mass is 406 g/mol. The molecule has 0 heterocycles. The first kappa shape index (κ1) is 20.7. The molecule has 0 aliphatic carbocycles. The van der Waals surface area contributed by atoms with E-state index in [1.807, 2.05) is 0 Å². The lowest BCUT2D eigenvalue weighted by atomic mass is 10.1. The number of nitrogens with two attached hydrogens (primary N) is 1. The Morgan fingerprint density at radius 2 is 1.70 bits per heavy atom. The smallest absolute Gasteiger partial charge is 0.341 e. The van der Waals surface area contributed by atoms with Gasteiger partial charge in [0.2, 0.25) is 6.10 Å². The molecule has 0 radical (unpaired) electrons. The van der Waals surface area contributed by atoms with Gasteiger partial charge in [0.1, 0.15) is 5.82 Å². The molecule has 6 nitrogen and oxygen atoms in total. The Bertz CT molecular complexity index is 1100. The number of Topliss-reactive ketones (excluding diaryl/α,β-unsaturated/α-hetero) is 1. The number of rotatable bonds is 6. The third-order valence-corrected chi connectivity index (χ3v) is 4.34. The van der Waals surface area contributed by atoms with Gasteiger partial charge < -0.3 is 15.8 Å². The van der Waals surface area contributed by atoms with Crippen LogP contribution in [0.15, 0.2) is 72.8 Å². The summed E-state index contributed by atoms with van der Waals surface area (Å²) >= 11 is 0. The molecule has 1 amide bonds. The summed E-state index contributed by atoms with van der Waals surface area (Å²) < 4.78 is 18.7. The molecule has 3 aromatic rings. The first-order chi connectivity index (χ1) is 14.3. The number of amides is 1. The summed E-state index contributed by atoms with van der Waals surface area (Å²) in [6, 6.07) is 18.1. The number of benzene rings is 3. The highest BCUT2D eigenvalue weighted by Gasteiger charge is 2.27. The molecule has 0 spiro atoms. The Morgan fingerprint density at radius 1 is 0.967 bits per heavy atom. The summed E-state index contributed by atoms with van der Waals surface area (Å²) in [5.74, 6) is -2.22. The number of hydrogen-bond donors (Lipinski definition) is 2. The highest BCUT2D eigenvalue weighted by molar-refractivity contribution is 6.01. The van der Waals surface area contributed by atoms with Crippen LogP contribution in [0.25, 0.3) is 0 Å². The Balaban J connectivity index is 1.87. The molecule has 3 N–H and O–H groups in total. The molecule has 7 heteroatoms. The lowest BCUT2D eigenvalue weighted by molar-refractivity contribution is -0.125. The van der Waals surface area contributed by atoms with Crippen LogP contribution in [0.5, 0.6) is 0 Å². The zero-order chi connectivity index (χ0) is 21.7. The van der Waals surface area contributed by atoms with Crippen molar-refractivity contribution in [3.8, 4) is 0 Å². The van der Waals surface area contributed by atoms with E-state index in [2.05, 4.69) is 5.32 Å². The lowest BCUT2D eigenvalue weighted by Crippen LogP contribution is -2.26. The highest BCUT2D eigenvalue weighted by atomic mass is 19.1. The van der Waals surface area contributed by atoms with Gasteiger partial charge in [-0.3, -0.25) is 9.59 Å². The fraction of sp³-hybridized carbons (Fsp3) is 0.0870. The molecule has 3 rings (SSSR count). The summed E-state index contributed by atoms with van der Waals surface area (Å²) in [6.07, 6.45) is -1.29. The lowest BCUT2D eigenvalue weighted by Gasteiger charge is -2.19. The van der Waals surface area contributed by atoms with E-state index in [1.165, 1.54) is 19.1 Å². The van der Waals surface area contributed by atoms with Crippen LogP contribution in [-0.4, -0.2) is 17.7 Å². The largest absolute Gasteiger partial charge is 0.444 e. The molecule has 0 fully saturated rings. The van der Waals surface area contributed by atoms with Gasteiger partial charge in [0.15, 0.2) is 5.78 Å². The van der Waals surface area contributed by atoms with Crippen LogP contribution in [0.4, 0.5) is 15.8 Å². The third-order valence-electron chi connectivity index (χ3n) is 4.34. The van der Waals surface area contributed by atoms with E-state index in [4.69, 9.17) is 10.5 Å². The van der Waals surface area contributed by atoms with Crippen LogP contribution >= 0.6 is 0 Å². The van der Waals surface area contributed by atoms with Crippen LogP contribution < -0.4 is 11.1 Å². The fourth-order valence-electron chi connectivity index (χ4n) is 2.81. The summed E-state index contributed by atoms with van der Waals surface area (Å²) in [5.41, 5.74) is 6.81. The van der Waals surface area contributed by atoms with Gasteiger partial charge >= 0.3 is 5.97 Å². The molecule has 0 aromatic heterocycles. The Kier molecular flexibility index (Phi) is 6.22. The minimum Gasteiger partial charge on any atom is -0.444 e. The molecular weight excluding hydrogens is 387 g/mol. The molecule has 0 unspecified atom stereocenters. The summed E-state index contributed by atoms with van der Waals surface area (Å²) in [6.45, 7) is 1.42. The molecular formula is C23H19FN2O4. The van der Waals surface area contributed by atoms with Crippen molar-refractivity contribution in [3.05, 3.63) is 95.3 Å². The van der Waals surface area contributed by atoms with Crippen LogP contribution in [0.2, 0.25) is 0 Å². The standard InChI is InChI=1S/C23H19FN2O4/c1-14(27)16-8-5-9-18(12-16)26-22(28)21(15-6-3-2-4-7-15)30-23(29)19-11-10-17(24)13-20(19)25/h2-13,21H,25H2,1H3,(H,26,28)/t21-/m1/s1. The Morgan fingerprint density at radius 3 is 2.37 bits per heavy atom. The van der Waals surface area contributed by atoms with E-state index in [0.29, 0.717) is 16.8 Å². The number of nitrogens with one attached hydrogen (secondary N) is 1. The number of carbonyl (C=O) groups is 3. The zero-order valence-electron chi connectivity index (χ0n) is 16.1. The SMILES string of the molecule is CC(=O)c1cccc(NC(=O)[C@H](OC(=O)c2ccc(F)cc2N)c2ccccc2)c1. The molecule has 0 saturated carbocycles. The second kappa shape index (κ2) is 9.00. The fourth-order valence-corrected chi connectivity index (χ4v) is 2.81.